The van der Waals surface area contributed by atoms with Crippen LogP contribution in [0.1, 0.15) is 90.5 Å². The first-order valence-electron chi connectivity index (χ1n) is 15.5. The lowest BCUT2D eigenvalue weighted by Gasteiger charge is -2.62. The Morgan fingerprint density at radius 1 is 1.03 bits per heavy atom. The van der Waals surface area contributed by atoms with E-state index in [0.717, 1.165) is 44.1 Å². The van der Waals surface area contributed by atoms with Crippen LogP contribution in [-0.2, 0) is 11.3 Å². The summed E-state index contributed by atoms with van der Waals surface area (Å²) in [4.78, 5) is 12.8. The Morgan fingerprint density at radius 2 is 1.79 bits per heavy atom. The first-order valence-corrected chi connectivity index (χ1v) is 15.5. The Morgan fingerprint density at radius 3 is 2.54 bits per heavy atom. The summed E-state index contributed by atoms with van der Waals surface area (Å²) in [6.45, 7) is 7.63. The van der Waals surface area contributed by atoms with E-state index in [0.29, 0.717) is 60.0 Å². The van der Waals surface area contributed by atoms with Crippen LogP contribution in [0.25, 0.3) is 0 Å². The van der Waals surface area contributed by atoms with Crippen LogP contribution in [0.15, 0.2) is 18.2 Å². The molecule has 3 N–H and O–H groups in total. The summed E-state index contributed by atoms with van der Waals surface area (Å²) >= 11 is 0. The van der Waals surface area contributed by atoms with Crippen molar-refractivity contribution < 1.29 is 24.5 Å². The summed E-state index contributed by atoms with van der Waals surface area (Å²) in [7, 11) is 3.23. The summed E-state index contributed by atoms with van der Waals surface area (Å²) in [5, 5.41) is 25.2. The second kappa shape index (κ2) is 11.2. The molecule has 4 fully saturated rings. The third kappa shape index (κ3) is 5.09. The first kappa shape index (κ1) is 28.7. The molecule has 1 amide bonds. The van der Waals surface area contributed by atoms with Crippen LogP contribution in [0, 0.1) is 46.3 Å². The number of carbonyl (C=O) groups is 1. The third-order valence-electron chi connectivity index (χ3n) is 12.3. The van der Waals surface area contributed by atoms with E-state index in [2.05, 4.69) is 26.1 Å². The van der Waals surface area contributed by atoms with Crippen LogP contribution in [0.4, 0.5) is 0 Å². The van der Waals surface area contributed by atoms with Crippen molar-refractivity contribution in [3.8, 4) is 11.5 Å². The normalized spacial score (nSPS) is 40.1. The smallest absolute Gasteiger partial charge is 0.220 e. The largest absolute Gasteiger partial charge is 0.493 e. The van der Waals surface area contributed by atoms with Crippen molar-refractivity contribution in [3.63, 3.8) is 0 Å². The van der Waals surface area contributed by atoms with Crippen molar-refractivity contribution in [3.05, 3.63) is 23.8 Å². The molecular weight excluding hydrogens is 490 g/mol. The number of methoxy groups -OCH3 is 2. The molecule has 0 bridgehead atoms. The van der Waals surface area contributed by atoms with Gasteiger partial charge in [-0.3, -0.25) is 4.79 Å². The fraction of sp³-hybridized carbons (Fsp3) is 0.788. The maximum Gasteiger partial charge on any atom is 0.220 e. The van der Waals surface area contributed by atoms with Gasteiger partial charge in [-0.25, -0.2) is 0 Å². The molecule has 1 aromatic rings. The molecule has 0 unspecified atom stereocenters. The highest BCUT2D eigenvalue weighted by Crippen LogP contribution is 2.68. The number of benzene rings is 1. The maximum atomic E-state index is 12.8. The number of carbonyl (C=O) groups excluding carboxylic acids is 1. The second-order valence-corrected chi connectivity index (χ2v) is 13.9. The highest BCUT2D eigenvalue weighted by atomic mass is 16.5. The van der Waals surface area contributed by atoms with Crippen molar-refractivity contribution in [2.45, 2.75) is 104 Å². The summed E-state index contributed by atoms with van der Waals surface area (Å²) in [5.41, 5.74) is 1.18. The van der Waals surface area contributed by atoms with Gasteiger partial charge in [0.2, 0.25) is 5.91 Å². The van der Waals surface area contributed by atoms with Gasteiger partial charge < -0.3 is 25.0 Å². The highest BCUT2D eigenvalue weighted by Gasteiger charge is 2.63. The molecule has 218 valence electrons. The topological polar surface area (TPSA) is 88.0 Å². The lowest BCUT2D eigenvalue weighted by atomic mass is 9.43. The van der Waals surface area contributed by atoms with Gasteiger partial charge in [0.1, 0.15) is 0 Å². The molecule has 1 aromatic carbocycles. The summed E-state index contributed by atoms with van der Waals surface area (Å²) in [6, 6.07) is 5.72. The monoisotopic (exact) mass is 541 g/mol. The summed E-state index contributed by atoms with van der Waals surface area (Å²) in [6.07, 6.45) is 9.69. The number of amides is 1. The van der Waals surface area contributed by atoms with Gasteiger partial charge in [-0.15, -0.1) is 0 Å². The Balaban J connectivity index is 1.18. The van der Waals surface area contributed by atoms with Gasteiger partial charge in [0.05, 0.1) is 26.4 Å². The van der Waals surface area contributed by atoms with Crippen molar-refractivity contribution in [2.24, 2.45) is 46.3 Å². The Bertz CT molecular complexity index is 1030. The number of hydrogen-bond donors (Lipinski definition) is 3. The second-order valence-electron chi connectivity index (χ2n) is 13.9. The van der Waals surface area contributed by atoms with Gasteiger partial charge in [-0.1, -0.05) is 26.8 Å². The first-order chi connectivity index (χ1) is 18.6. The molecule has 4 aliphatic carbocycles. The van der Waals surface area contributed by atoms with Crippen LogP contribution in [-0.4, -0.2) is 42.5 Å². The molecule has 10 atom stereocenters. The standard InChI is InChI=1S/C33H51NO5/c1-20(6-13-31(37)34-19-21-7-12-28(38-4)29(16-21)39-5)25-10-11-26-24-9-8-22-17-23(35)14-15-32(22,2)27(24)18-30(36)33(25,26)3/h7,12,16,20,22-27,30,35-36H,6,8-11,13-15,17-19H2,1-5H3,(H,34,37)/t20-,22+,23-,24+,25+,26-,27-,30+,32+,33-/m1/s1. The van der Waals surface area contributed by atoms with Gasteiger partial charge in [0.15, 0.2) is 11.5 Å². The van der Waals surface area contributed by atoms with Crippen LogP contribution < -0.4 is 14.8 Å². The van der Waals surface area contributed by atoms with Gasteiger partial charge in [-0.2, -0.15) is 0 Å². The van der Waals surface area contributed by atoms with E-state index in [1.807, 2.05) is 18.2 Å². The SMILES string of the molecule is COc1ccc(CNC(=O)CC[C@@H](C)[C@@H]2CC[C@@H]3[C@@H]4CC[C@H]5C[C@H](O)CC[C@]5(C)[C@@H]4C[C@H](O)[C@@]32C)cc1OC. The minimum Gasteiger partial charge on any atom is -0.493 e. The zero-order chi connectivity index (χ0) is 27.9. The number of aliphatic hydroxyl groups is 2. The van der Waals surface area contributed by atoms with Gasteiger partial charge in [0.25, 0.3) is 0 Å². The molecule has 0 aliphatic heterocycles. The zero-order valence-electron chi connectivity index (χ0n) is 24.7. The van der Waals surface area contributed by atoms with E-state index in [9.17, 15) is 15.0 Å². The predicted octanol–water partition coefficient (Wildman–Crippen LogP) is 5.73. The molecule has 0 radical (unpaired) electrons. The Kier molecular flexibility index (Phi) is 8.28. The molecule has 39 heavy (non-hydrogen) atoms. The van der Waals surface area contributed by atoms with E-state index < -0.39 is 0 Å². The lowest BCUT2D eigenvalue weighted by Crippen LogP contribution is -2.58. The van der Waals surface area contributed by atoms with E-state index >= 15 is 0 Å². The van der Waals surface area contributed by atoms with Crippen molar-refractivity contribution >= 4 is 5.91 Å². The van der Waals surface area contributed by atoms with Crippen molar-refractivity contribution in [1.29, 1.82) is 0 Å². The molecule has 4 aliphatic rings. The number of rotatable bonds is 8. The van der Waals surface area contributed by atoms with Crippen LogP contribution in [0.2, 0.25) is 0 Å². The average molecular weight is 542 g/mol. The van der Waals surface area contributed by atoms with E-state index in [1.165, 1.54) is 19.3 Å². The van der Waals surface area contributed by atoms with E-state index in [4.69, 9.17) is 9.47 Å². The molecule has 0 heterocycles. The zero-order valence-corrected chi connectivity index (χ0v) is 24.7. The summed E-state index contributed by atoms with van der Waals surface area (Å²) in [5.74, 6) is 4.72. The van der Waals surface area contributed by atoms with Gasteiger partial charge in [-0.05, 0) is 122 Å². The molecule has 4 saturated carbocycles. The average Bonchev–Trinajstić information content (AvgIpc) is 3.30. The van der Waals surface area contributed by atoms with Crippen LogP contribution >= 0.6 is 0 Å². The summed E-state index contributed by atoms with van der Waals surface area (Å²) < 4.78 is 10.7. The molecule has 0 saturated heterocycles. The number of hydrogen-bond acceptors (Lipinski definition) is 5. The van der Waals surface area contributed by atoms with Gasteiger partial charge >= 0.3 is 0 Å². The Labute approximate surface area is 235 Å². The Hall–Kier alpha value is -1.79. The molecular formula is C33H51NO5. The molecule has 5 rings (SSSR count). The number of aliphatic hydroxyl groups excluding tert-OH is 2. The third-order valence-corrected chi connectivity index (χ3v) is 12.3. The fourth-order valence-corrected chi connectivity index (χ4v) is 10.00. The predicted molar refractivity (Wildman–Crippen MR) is 152 cm³/mol. The lowest BCUT2D eigenvalue weighted by molar-refractivity contribution is -0.174. The minimum absolute atomic E-state index is 0.0614. The van der Waals surface area contributed by atoms with Crippen molar-refractivity contribution in [2.75, 3.05) is 14.2 Å². The quantitative estimate of drug-likeness (QED) is 0.391. The fourth-order valence-electron chi connectivity index (χ4n) is 10.00. The number of fused-ring (bicyclic) bond motifs is 5. The molecule has 0 spiro atoms. The van der Waals surface area contributed by atoms with Crippen LogP contribution in [0.3, 0.4) is 0 Å². The maximum absolute atomic E-state index is 12.8. The van der Waals surface area contributed by atoms with Crippen LogP contribution in [0.5, 0.6) is 11.5 Å². The van der Waals surface area contributed by atoms with Gasteiger partial charge in [0, 0.05) is 13.0 Å². The molecule has 6 nitrogen and oxygen atoms in total. The number of nitrogens with one attached hydrogen (secondary N) is 1. The number of ether oxygens (including phenoxy) is 2. The van der Waals surface area contributed by atoms with Crippen molar-refractivity contribution in [1.82, 2.24) is 5.32 Å². The van der Waals surface area contributed by atoms with E-state index in [1.54, 1.807) is 14.2 Å². The minimum atomic E-state index is -0.278. The highest BCUT2D eigenvalue weighted by molar-refractivity contribution is 5.75. The van der Waals surface area contributed by atoms with E-state index in [-0.39, 0.29) is 28.9 Å². The molecule has 6 heteroatoms. The molecule has 0 aromatic heterocycles.